The highest BCUT2D eigenvalue weighted by Crippen LogP contribution is 2.21. The van der Waals surface area contributed by atoms with Crippen molar-refractivity contribution in [3.63, 3.8) is 0 Å². The second-order valence-corrected chi connectivity index (χ2v) is 6.29. The van der Waals surface area contributed by atoms with Crippen molar-refractivity contribution in [3.05, 3.63) is 35.6 Å². The van der Waals surface area contributed by atoms with Crippen molar-refractivity contribution >= 4 is 11.8 Å². The zero-order valence-corrected chi connectivity index (χ0v) is 12.5. The average molecular weight is 282 g/mol. The summed E-state index contributed by atoms with van der Waals surface area (Å²) >= 11 is 2.05. The highest BCUT2D eigenvalue weighted by atomic mass is 32.2. The lowest BCUT2D eigenvalue weighted by atomic mass is 10.0. The first-order valence-electron chi connectivity index (χ1n) is 6.95. The monoisotopic (exact) mass is 282 g/mol. The number of benzene rings is 1. The zero-order valence-electron chi connectivity index (χ0n) is 11.7. The maximum absolute atomic E-state index is 13.0. The van der Waals surface area contributed by atoms with E-state index in [9.17, 15) is 4.39 Å². The number of nitrogens with zero attached hydrogens (tertiary/aromatic N) is 1. The van der Waals surface area contributed by atoms with Crippen LogP contribution in [0.5, 0.6) is 0 Å². The molecule has 1 aromatic carbocycles. The van der Waals surface area contributed by atoms with Crippen LogP contribution in [0.2, 0.25) is 0 Å². The zero-order chi connectivity index (χ0) is 13.7. The first-order chi connectivity index (χ1) is 9.20. The third kappa shape index (κ3) is 4.20. The molecule has 0 spiro atoms. The Kier molecular flexibility index (Phi) is 5.67. The van der Waals surface area contributed by atoms with Crippen molar-refractivity contribution in [2.75, 3.05) is 31.6 Å². The topological polar surface area (TPSA) is 15.3 Å². The largest absolute Gasteiger partial charge is 0.313 e. The smallest absolute Gasteiger partial charge is 0.123 e. The van der Waals surface area contributed by atoms with Crippen LogP contribution >= 0.6 is 11.8 Å². The van der Waals surface area contributed by atoms with E-state index in [1.54, 1.807) is 12.1 Å². The first kappa shape index (κ1) is 14.8. The Morgan fingerprint density at radius 2 is 2.16 bits per heavy atom. The number of rotatable bonds is 5. The predicted molar refractivity (Wildman–Crippen MR) is 81.2 cm³/mol. The summed E-state index contributed by atoms with van der Waals surface area (Å²) in [5.41, 5.74) is 1.17. The highest BCUT2D eigenvalue weighted by molar-refractivity contribution is 7.99. The molecule has 1 aromatic rings. The van der Waals surface area contributed by atoms with Crippen LogP contribution in [0.15, 0.2) is 24.3 Å². The molecule has 0 saturated carbocycles. The summed E-state index contributed by atoms with van der Waals surface area (Å²) < 4.78 is 13.0. The van der Waals surface area contributed by atoms with Crippen LogP contribution in [0.3, 0.4) is 0 Å². The summed E-state index contributed by atoms with van der Waals surface area (Å²) in [6.45, 7) is 4.59. The second-order valence-electron chi connectivity index (χ2n) is 5.14. The third-order valence-corrected chi connectivity index (χ3v) is 5.02. The van der Waals surface area contributed by atoms with E-state index in [1.165, 1.54) is 23.6 Å². The lowest BCUT2D eigenvalue weighted by Gasteiger charge is -2.34. The second kappa shape index (κ2) is 7.27. The van der Waals surface area contributed by atoms with E-state index >= 15 is 0 Å². The molecule has 2 atom stereocenters. The van der Waals surface area contributed by atoms with Gasteiger partial charge in [0.2, 0.25) is 0 Å². The van der Waals surface area contributed by atoms with Crippen LogP contribution in [0.25, 0.3) is 0 Å². The molecule has 106 valence electrons. The Balaban J connectivity index is 1.90. The molecule has 19 heavy (non-hydrogen) atoms. The third-order valence-electron chi connectivity index (χ3n) is 3.83. The lowest BCUT2D eigenvalue weighted by molar-refractivity contribution is 0.220. The molecule has 2 rings (SSSR count). The van der Waals surface area contributed by atoms with Gasteiger partial charge in [0.1, 0.15) is 5.82 Å². The molecule has 0 aliphatic carbocycles. The summed E-state index contributed by atoms with van der Waals surface area (Å²) in [5.74, 6) is 2.31. The van der Waals surface area contributed by atoms with Gasteiger partial charge in [-0.15, -0.1) is 0 Å². The highest BCUT2D eigenvalue weighted by Gasteiger charge is 2.19. The summed E-state index contributed by atoms with van der Waals surface area (Å²) in [7, 11) is 1.98. The van der Waals surface area contributed by atoms with Crippen LogP contribution in [0, 0.1) is 5.82 Å². The van der Waals surface area contributed by atoms with E-state index in [2.05, 4.69) is 17.1 Å². The first-order valence-corrected chi connectivity index (χ1v) is 8.10. The quantitative estimate of drug-likeness (QED) is 0.894. The lowest BCUT2D eigenvalue weighted by Crippen LogP contribution is -2.41. The van der Waals surface area contributed by atoms with Gasteiger partial charge < -0.3 is 5.32 Å². The molecule has 1 fully saturated rings. The number of thioether (sulfide) groups is 1. The fourth-order valence-corrected chi connectivity index (χ4v) is 3.64. The Morgan fingerprint density at radius 1 is 1.42 bits per heavy atom. The number of halogens is 1. The number of nitrogens with one attached hydrogen (secondary N) is 1. The molecule has 1 aliphatic rings. The minimum absolute atomic E-state index is 0.166. The molecule has 1 N–H and O–H groups in total. The Bertz CT molecular complexity index is 382. The molecular weight excluding hydrogens is 259 g/mol. The summed E-state index contributed by atoms with van der Waals surface area (Å²) in [4.78, 5) is 2.56. The van der Waals surface area contributed by atoms with E-state index in [0.29, 0.717) is 12.1 Å². The van der Waals surface area contributed by atoms with Crippen LogP contribution in [-0.4, -0.2) is 42.6 Å². The van der Waals surface area contributed by atoms with Crippen molar-refractivity contribution < 1.29 is 4.39 Å². The molecule has 2 nitrogen and oxygen atoms in total. The van der Waals surface area contributed by atoms with Gasteiger partial charge in [-0.1, -0.05) is 12.1 Å². The van der Waals surface area contributed by atoms with Crippen molar-refractivity contribution in [2.45, 2.75) is 25.4 Å². The van der Waals surface area contributed by atoms with Gasteiger partial charge in [-0.25, -0.2) is 4.39 Å². The minimum atomic E-state index is -0.166. The van der Waals surface area contributed by atoms with E-state index in [0.717, 1.165) is 13.0 Å². The summed E-state index contributed by atoms with van der Waals surface area (Å²) in [6, 6.07) is 7.82. The molecule has 1 heterocycles. The number of hydrogen-bond acceptors (Lipinski definition) is 3. The van der Waals surface area contributed by atoms with E-state index in [1.807, 2.05) is 30.9 Å². The van der Waals surface area contributed by atoms with Gasteiger partial charge in [-0.05, 0) is 38.1 Å². The van der Waals surface area contributed by atoms with Crippen molar-refractivity contribution in [2.24, 2.45) is 0 Å². The summed E-state index contributed by atoms with van der Waals surface area (Å²) in [6.07, 6.45) is 1.07. The fourth-order valence-electron chi connectivity index (χ4n) is 2.56. The molecule has 0 amide bonds. The van der Waals surface area contributed by atoms with Gasteiger partial charge >= 0.3 is 0 Å². The summed E-state index contributed by atoms with van der Waals surface area (Å²) in [5, 5.41) is 3.34. The van der Waals surface area contributed by atoms with E-state index in [4.69, 9.17) is 0 Å². The van der Waals surface area contributed by atoms with Gasteiger partial charge in [0.15, 0.2) is 0 Å². The van der Waals surface area contributed by atoms with E-state index < -0.39 is 0 Å². The normalized spacial score (nSPS) is 22.4. The van der Waals surface area contributed by atoms with Crippen LogP contribution in [0.1, 0.15) is 24.9 Å². The molecule has 1 aliphatic heterocycles. The molecule has 4 heteroatoms. The molecule has 1 saturated heterocycles. The van der Waals surface area contributed by atoms with Gasteiger partial charge in [0.05, 0.1) is 0 Å². The van der Waals surface area contributed by atoms with Crippen LogP contribution < -0.4 is 5.32 Å². The van der Waals surface area contributed by atoms with Crippen LogP contribution in [-0.2, 0) is 0 Å². The number of hydrogen-bond donors (Lipinski definition) is 1. The molecular formula is C15H23FN2S. The van der Waals surface area contributed by atoms with Crippen molar-refractivity contribution in [1.82, 2.24) is 10.2 Å². The predicted octanol–water partition coefficient (Wildman–Crippen LogP) is 2.91. The SMILES string of the molecule is CNC(CCN1CCSCC1C)c1ccc(F)cc1. The Morgan fingerprint density at radius 3 is 2.79 bits per heavy atom. The minimum Gasteiger partial charge on any atom is -0.313 e. The standard InChI is InChI=1S/C15H23FN2S/c1-12-11-19-10-9-18(12)8-7-15(17-2)13-3-5-14(16)6-4-13/h3-6,12,15,17H,7-11H2,1-2H3. The Hall–Kier alpha value is -0.580. The molecule has 0 radical (unpaired) electrons. The maximum atomic E-state index is 13.0. The van der Waals surface area contributed by atoms with Gasteiger partial charge in [0, 0.05) is 36.7 Å². The van der Waals surface area contributed by atoms with Crippen LogP contribution in [0.4, 0.5) is 4.39 Å². The maximum Gasteiger partial charge on any atom is 0.123 e. The molecule has 2 unspecified atom stereocenters. The molecule has 0 aromatic heterocycles. The van der Waals surface area contributed by atoms with Crippen molar-refractivity contribution in [1.29, 1.82) is 0 Å². The van der Waals surface area contributed by atoms with E-state index in [-0.39, 0.29) is 5.82 Å². The average Bonchev–Trinajstić information content (AvgIpc) is 2.43. The Labute approximate surface area is 119 Å². The van der Waals surface area contributed by atoms with Gasteiger partial charge in [0.25, 0.3) is 0 Å². The van der Waals surface area contributed by atoms with Gasteiger partial charge in [-0.2, -0.15) is 11.8 Å². The van der Waals surface area contributed by atoms with Gasteiger partial charge in [-0.3, -0.25) is 4.90 Å². The fraction of sp³-hybridized carbons (Fsp3) is 0.600. The van der Waals surface area contributed by atoms with Crippen molar-refractivity contribution in [3.8, 4) is 0 Å². The molecule has 0 bridgehead atoms.